The lowest BCUT2D eigenvalue weighted by molar-refractivity contribution is -0.244. The summed E-state index contributed by atoms with van der Waals surface area (Å²) in [5.74, 6) is -1.52. The number of alkyl halides is 3. The first-order valence-corrected chi connectivity index (χ1v) is 7.61. The molecule has 7 heteroatoms. The minimum atomic E-state index is -4.94. The van der Waals surface area contributed by atoms with Gasteiger partial charge in [-0.15, -0.1) is 5.06 Å². The molecule has 1 heterocycles. The molecule has 0 atom stereocenters. The zero-order valence-corrected chi connectivity index (χ0v) is 12.0. The number of hydrogen-bond donors (Lipinski definition) is 0. The monoisotopic (exact) mass is 309 g/mol. The highest BCUT2D eigenvalue weighted by molar-refractivity contribution is 5.75. The predicted molar refractivity (Wildman–Crippen MR) is 69.3 cm³/mol. The fraction of sp³-hybridized carbons (Fsp3) is 0.929. The number of hydroxylamine groups is 2. The van der Waals surface area contributed by atoms with Crippen LogP contribution in [0.15, 0.2) is 0 Å². The number of carbonyl (C=O) groups excluding carboxylic acids is 1. The van der Waals surface area contributed by atoms with Crippen LogP contribution >= 0.6 is 0 Å². The summed E-state index contributed by atoms with van der Waals surface area (Å²) < 4.78 is 42.1. The molecule has 1 aliphatic heterocycles. The molecule has 1 saturated heterocycles. The molecule has 0 bridgehead atoms. The van der Waals surface area contributed by atoms with Gasteiger partial charge in [-0.3, -0.25) is 0 Å². The number of rotatable bonds is 4. The van der Waals surface area contributed by atoms with E-state index in [4.69, 9.17) is 4.74 Å². The van der Waals surface area contributed by atoms with Crippen LogP contribution in [0.2, 0.25) is 0 Å². The van der Waals surface area contributed by atoms with Crippen LogP contribution in [0.25, 0.3) is 0 Å². The van der Waals surface area contributed by atoms with Crippen molar-refractivity contribution in [2.24, 2.45) is 5.92 Å². The van der Waals surface area contributed by atoms with E-state index < -0.39 is 12.1 Å². The first kappa shape index (κ1) is 16.5. The number of ether oxygens (including phenoxy) is 1. The second kappa shape index (κ2) is 7.45. The molecule has 0 unspecified atom stereocenters. The molecule has 0 aromatic heterocycles. The summed E-state index contributed by atoms with van der Waals surface area (Å²) in [6.45, 7) is 1.32. The molecule has 21 heavy (non-hydrogen) atoms. The van der Waals surface area contributed by atoms with Crippen molar-refractivity contribution in [3.05, 3.63) is 0 Å². The lowest BCUT2D eigenvalue weighted by Gasteiger charge is -2.32. The molecule has 2 aliphatic rings. The predicted octanol–water partition coefficient (Wildman–Crippen LogP) is 3.07. The summed E-state index contributed by atoms with van der Waals surface area (Å²) in [4.78, 5) is 15.0. The summed E-state index contributed by atoms with van der Waals surface area (Å²) in [6.07, 6.45) is 2.57. The Labute approximate surface area is 122 Å². The fourth-order valence-corrected chi connectivity index (χ4v) is 2.89. The van der Waals surface area contributed by atoms with E-state index in [0.717, 1.165) is 11.7 Å². The van der Waals surface area contributed by atoms with Crippen LogP contribution in [0.4, 0.5) is 13.2 Å². The van der Waals surface area contributed by atoms with Crippen molar-refractivity contribution in [3.8, 4) is 0 Å². The first-order valence-electron chi connectivity index (χ1n) is 7.61. The van der Waals surface area contributed by atoms with Gasteiger partial charge in [0.25, 0.3) is 0 Å². The highest BCUT2D eigenvalue weighted by Gasteiger charge is 2.43. The van der Waals surface area contributed by atoms with E-state index in [0.29, 0.717) is 18.8 Å². The number of piperidine rings is 1. The van der Waals surface area contributed by atoms with Gasteiger partial charge in [0.1, 0.15) is 0 Å². The van der Waals surface area contributed by atoms with Gasteiger partial charge in [-0.05, 0) is 31.6 Å². The normalized spacial score (nSPS) is 23.2. The van der Waals surface area contributed by atoms with Gasteiger partial charge in [0.15, 0.2) is 0 Å². The van der Waals surface area contributed by atoms with E-state index in [1.807, 2.05) is 0 Å². The molecule has 2 fully saturated rings. The zero-order chi connectivity index (χ0) is 15.3. The van der Waals surface area contributed by atoms with Crippen molar-refractivity contribution in [1.82, 2.24) is 5.06 Å². The molecule has 0 aromatic rings. The van der Waals surface area contributed by atoms with Crippen LogP contribution in [0, 0.1) is 5.92 Å². The Morgan fingerprint density at radius 3 is 2.24 bits per heavy atom. The van der Waals surface area contributed by atoms with Gasteiger partial charge in [-0.1, -0.05) is 19.3 Å². The molecule has 4 nitrogen and oxygen atoms in total. The molecule has 0 amide bonds. The standard InChI is InChI=1S/C14H22F3NO3/c15-14(16,17)13(19)21-18-8-6-12(7-9-18)20-10-11-4-2-1-3-5-11/h11-12H,1-10H2. The highest BCUT2D eigenvalue weighted by atomic mass is 19.4. The Bertz CT molecular complexity index is 335. The number of carbonyl (C=O) groups is 1. The zero-order valence-electron chi connectivity index (χ0n) is 12.0. The van der Waals surface area contributed by atoms with Crippen LogP contribution < -0.4 is 0 Å². The van der Waals surface area contributed by atoms with E-state index in [9.17, 15) is 18.0 Å². The Hall–Kier alpha value is -0.820. The van der Waals surface area contributed by atoms with E-state index in [-0.39, 0.29) is 19.2 Å². The lowest BCUT2D eigenvalue weighted by atomic mass is 9.90. The molecule has 0 aromatic carbocycles. The number of nitrogens with zero attached hydrogens (tertiary/aromatic N) is 1. The van der Waals surface area contributed by atoms with E-state index >= 15 is 0 Å². The fourth-order valence-electron chi connectivity index (χ4n) is 2.89. The van der Waals surface area contributed by atoms with Gasteiger partial charge in [0.05, 0.1) is 6.10 Å². The van der Waals surface area contributed by atoms with Crippen LogP contribution in [-0.2, 0) is 14.4 Å². The van der Waals surface area contributed by atoms with Gasteiger partial charge in [0.2, 0.25) is 0 Å². The van der Waals surface area contributed by atoms with E-state index in [1.165, 1.54) is 32.1 Å². The van der Waals surface area contributed by atoms with Crippen molar-refractivity contribution in [2.75, 3.05) is 19.7 Å². The van der Waals surface area contributed by atoms with Gasteiger partial charge in [-0.25, -0.2) is 4.79 Å². The van der Waals surface area contributed by atoms with Crippen molar-refractivity contribution < 1.29 is 27.5 Å². The summed E-state index contributed by atoms with van der Waals surface area (Å²) in [7, 11) is 0. The lowest BCUT2D eigenvalue weighted by Crippen LogP contribution is -2.41. The Kier molecular flexibility index (Phi) is 5.87. The highest BCUT2D eigenvalue weighted by Crippen LogP contribution is 2.25. The molecular formula is C14H22F3NO3. The second-order valence-corrected chi connectivity index (χ2v) is 5.84. The van der Waals surface area contributed by atoms with Gasteiger partial charge < -0.3 is 9.57 Å². The maximum Gasteiger partial charge on any atom is 0.492 e. The summed E-state index contributed by atoms with van der Waals surface area (Å²) >= 11 is 0. The smallest absolute Gasteiger partial charge is 0.378 e. The van der Waals surface area contributed by atoms with Gasteiger partial charge in [-0.2, -0.15) is 13.2 Å². The second-order valence-electron chi connectivity index (χ2n) is 5.84. The Balaban J connectivity index is 1.62. The average molecular weight is 309 g/mol. The SMILES string of the molecule is O=C(ON1CCC(OCC2CCCCC2)CC1)C(F)(F)F. The summed E-state index contributed by atoms with van der Waals surface area (Å²) in [5, 5.41) is 1.08. The summed E-state index contributed by atoms with van der Waals surface area (Å²) in [6, 6.07) is 0. The molecule has 122 valence electrons. The largest absolute Gasteiger partial charge is 0.492 e. The average Bonchev–Trinajstić information content (AvgIpc) is 2.46. The summed E-state index contributed by atoms with van der Waals surface area (Å²) in [5.41, 5.74) is 0. The molecule has 2 rings (SSSR count). The molecular weight excluding hydrogens is 287 g/mol. The molecule has 0 spiro atoms. The first-order chi connectivity index (χ1) is 9.95. The molecule has 0 N–H and O–H groups in total. The maximum atomic E-state index is 12.1. The van der Waals surface area contributed by atoms with Crippen molar-refractivity contribution in [1.29, 1.82) is 0 Å². The maximum absolute atomic E-state index is 12.1. The van der Waals surface area contributed by atoms with Crippen LogP contribution in [0.5, 0.6) is 0 Å². The van der Waals surface area contributed by atoms with Crippen molar-refractivity contribution in [2.45, 2.75) is 57.2 Å². The minimum absolute atomic E-state index is 0.0627. The number of hydrogen-bond acceptors (Lipinski definition) is 4. The van der Waals surface area contributed by atoms with Gasteiger partial charge >= 0.3 is 12.1 Å². The minimum Gasteiger partial charge on any atom is -0.378 e. The van der Waals surface area contributed by atoms with Crippen molar-refractivity contribution >= 4 is 5.97 Å². The third kappa shape index (κ3) is 5.47. The molecule has 1 aliphatic carbocycles. The van der Waals surface area contributed by atoms with Crippen LogP contribution in [-0.4, -0.2) is 43.0 Å². The Morgan fingerprint density at radius 1 is 1.05 bits per heavy atom. The van der Waals surface area contributed by atoms with Gasteiger partial charge in [0, 0.05) is 19.7 Å². The third-order valence-corrected chi connectivity index (χ3v) is 4.14. The molecule has 1 saturated carbocycles. The topological polar surface area (TPSA) is 38.8 Å². The third-order valence-electron chi connectivity index (χ3n) is 4.14. The molecule has 0 radical (unpaired) electrons. The van der Waals surface area contributed by atoms with E-state index in [2.05, 4.69) is 4.84 Å². The van der Waals surface area contributed by atoms with E-state index in [1.54, 1.807) is 0 Å². The van der Waals surface area contributed by atoms with Crippen LogP contribution in [0.1, 0.15) is 44.9 Å². The van der Waals surface area contributed by atoms with Crippen LogP contribution in [0.3, 0.4) is 0 Å². The Morgan fingerprint density at radius 2 is 1.67 bits per heavy atom. The quantitative estimate of drug-likeness (QED) is 0.800. The number of halogens is 3. The van der Waals surface area contributed by atoms with Crippen molar-refractivity contribution in [3.63, 3.8) is 0 Å².